The topological polar surface area (TPSA) is 0 Å². The number of rotatable bonds is 3. The predicted octanol–water partition coefficient (Wildman–Crippen LogP) is 4.98. The van der Waals surface area contributed by atoms with Crippen molar-refractivity contribution < 1.29 is 0 Å². The molecule has 0 heterocycles. The molecule has 0 aliphatic rings. The summed E-state index contributed by atoms with van der Waals surface area (Å²) in [5.74, 6) is 0. The number of hydrogen-bond donors (Lipinski definition) is 0. The first-order valence-electron chi connectivity index (χ1n) is 5.53. The van der Waals surface area contributed by atoms with Gasteiger partial charge in [0.15, 0.2) is 0 Å². The highest BCUT2D eigenvalue weighted by atomic mass is 32.2. The van der Waals surface area contributed by atoms with E-state index in [-0.39, 0.29) is 0 Å². The molecule has 16 heavy (non-hydrogen) atoms. The number of benzene rings is 2. The van der Waals surface area contributed by atoms with Crippen molar-refractivity contribution in [2.45, 2.75) is 24.0 Å². The average Bonchev–Trinajstić information content (AvgIpc) is 2.28. The molecule has 82 valence electrons. The van der Waals surface area contributed by atoms with Gasteiger partial charge in [0.1, 0.15) is 0 Å². The van der Waals surface area contributed by atoms with Gasteiger partial charge in [-0.15, -0.1) is 11.8 Å². The molecule has 0 aliphatic heterocycles. The van der Waals surface area contributed by atoms with E-state index in [9.17, 15) is 0 Å². The molecule has 2 rings (SSSR count). The van der Waals surface area contributed by atoms with Crippen LogP contribution < -0.4 is 0 Å². The summed E-state index contributed by atoms with van der Waals surface area (Å²) < 4.78 is 0. The maximum absolute atomic E-state index is 3.94. The van der Waals surface area contributed by atoms with E-state index in [1.807, 2.05) is 17.8 Å². The third-order valence-electron chi connectivity index (χ3n) is 2.50. The monoisotopic (exact) mass is 228 g/mol. The fourth-order valence-corrected chi connectivity index (χ4v) is 2.82. The summed E-state index contributed by atoms with van der Waals surface area (Å²) in [6.07, 6.45) is 1.97. The van der Waals surface area contributed by atoms with Crippen LogP contribution in [0.3, 0.4) is 0 Å². The van der Waals surface area contributed by atoms with E-state index in [4.69, 9.17) is 0 Å². The third-order valence-corrected chi connectivity index (χ3v) is 3.58. The minimum atomic E-state index is 0.597. The van der Waals surface area contributed by atoms with E-state index in [2.05, 4.69) is 56.8 Å². The van der Waals surface area contributed by atoms with E-state index in [0.717, 1.165) is 0 Å². The molecule has 0 fully saturated rings. The minimum absolute atomic E-state index is 0.597. The van der Waals surface area contributed by atoms with Crippen LogP contribution in [0.5, 0.6) is 0 Å². The Morgan fingerprint density at radius 2 is 1.88 bits per heavy atom. The van der Waals surface area contributed by atoms with E-state index >= 15 is 0 Å². The van der Waals surface area contributed by atoms with Crippen LogP contribution in [-0.2, 0) is 0 Å². The molecule has 0 aromatic heterocycles. The molecule has 1 heteroatoms. The van der Waals surface area contributed by atoms with Gasteiger partial charge in [-0.2, -0.15) is 0 Å². The lowest BCUT2D eigenvalue weighted by molar-refractivity contribution is 1.11. The van der Waals surface area contributed by atoms with Gasteiger partial charge in [-0.1, -0.05) is 56.8 Å². The maximum atomic E-state index is 3.94. The summed E-state index contributed by atoms with van der Waals surface area (Å²) in [6, 6.07) is 12.9. The smallest absolute Gasteiger partial charge is 0.0153 e. The predicted molar refractivity (Wildman–Crippen MR) is 75.0 cm³/mol. The summed E-state index contributed by atoms with van der Waals surface area (Å²) in [4.78, 5) is 1.32. The molecule has 0 nitrogen and oxygen atoms in total. The summed E-state index contributed by atoms with van der Waals surface area (Å²) in [5.41, 5.74) is 1.26. The third kappa shape index (κ3) is 2.14. The van der Waals surface area contributed by atoms with Crippen molar-refractivity contribution in [2.24, 2.45) is 0 Å². The first kappa shape index (κ1) is 11.3. The number of thioether (sulfide) groups is 1. The quantitative estimate of drug-likeness (QED) is 0.667. The van der Waals surface area contributed by atoms with E-state index in [1.165, 1.54) is 21.2 Å². The van der Waals surface area contributed by atoms with Crippen molar-refractivity contribution in [3.05, 3.63) is 48.5 Å². The van der Waals surface area contributed by atoms with Crippen molar-refractivity contribution >= 4 is 28.6 Å². The highest BCUT2D eigenvalue weighted by Crippen LogP contribution is 2.32. The lowest BCUT2D eigenvalue weighted by atomic mass is 10.0. The van der Waals surface area contributed by atoms with Crippen LogP contribution in [0.2, 0.25) is 0 Å². The van der Waals surface area contributed by atoms with Crippen LogP contribution in [-0.4, -0.2) is 5.25 Å². The van der Waals surface area contributed by atoms with Gasteiger partial charge in [0, 0.05) is 10.1 Å². The standard InChI is InChI=1S/C15H16S/c1-4-13-14-8-6-5-7-12(14)9-10-15(13)16-11(2)3/h4-11H,1H2,2-3H3. The van der Waals surface area contributed by atoms with Crippen molar-refractivity contribution in [1.29, 1.82) is 0 Å². The summed E-state index contributed by atoms with van der Waals surface area (Å²) >= 11 is 1.89. The zero-order valence-electron chi connectivity index (χ0n) is 9.73. The lowest BCUT2D eigenvalue weighted by Gasteiger charge is -2.11. The van der Waals surface area contributed by atoms with Crippen LogP contribution in [0.1, 0.15) is 19.4 Å². The number of hydrogen-bond acceptors (Lipinski definition) is 1. The fourth-order valence-electron chi connectivity index (χ4n) is 1.84. The van der Waals surface area contributed by atoms with Crippen molar-refractivity contribution in [3.8, 4) is 0 Å². The second-order valence-electron chi connectivity index (χ2n) is 4.07. The second kappa shape index (κ2) is 4.75. The average molecular weight is 228 g/mol. The fraction of sp³-hybridized carbons (Fsp3) is 0.200. The first-order chi connectivity index (χ1) is 7.72. The maximum Gasteiger partial charge on any atom is 0.0153 e. The van der Waals surface area contributed by atoms with Crippen LogP contribution in [0.25, 0.3) is 16.8 Å². The molecule has 2 aromatic rings. The molecule has 0 N–H and O–H groups in total. The Balaban J connectivity index is 2.63. The normalized spacial score (nSPS) is 10.9. The summed E-state index contributed by atoms with van der Waals surface area (Å²) in [7, 11) is 0. The van der Waals surface area contributed by atoms with E-state index in [1.54, 1.807) is 0 Å². The van der Waals surface area contributed by atoms with Gasteiger partial charge in [0.25, 0.3) is 0 Å². The Bertz CT molecular complexity index is 512. The molecule has 0 amide bonds. The molecular formula is C15H16S. The van der Waals surface area contributed by atoms with Crippen LogP contribution in [0.15, 0.2) is 47.9 Å². The van der Waals surface area contributed by atoms with Crippen molar-refractivity contribution in [1.82, 2.24) is 0 Å². The molecule has 0 atom stereocenters. The first-order valence-corrected chi connectivity index (χ1v) is 6.41. The van der Waals surface area contributed by atoms with Gasteiger partial charge in [-0.25, -0.2) is 0 Å². The van der Waals surface area contributed by atoms with Gasteiger partial charge < -0.3 is 0 Å². The SMILES string of the molecule is C=Cc1c(SC(C)C)ccc2ccccc12. The molecular weight excluding hydrogens is 212 g/mol. The van der Waals surface area contributed by atoms with Crippen molar-refractivity contribution in [2.75, 3.05) is 0 Å². The Kier molecular flexibility index (Phi) is 3.35. The van der Waals surface area contributed by atoms with Gasteiger partial charge in [-0.05, 0) is 22.4 Å². The molecule has 0 saturated carbocycles. The van der Waals surface area contributed by atoms with Crippen LogP contribution in [0, 0.1) is 0 Å². The molecule has 0 unspecified atom stereocenters. The van der Waals surface area contributed by atoms with Gasteiger partial charge in [0.05, 0.1) is 0 Å². The second-order valence-corrected chi connectivity index (χ2v) is 5.69. The largest absolute Gasteiger partial charge is 0.123 e. The number of fused-ring (bicyclic) bond motifs is 1. The zero-order chi connectivity index (χ0) is 11.5. The molecule has 0 radical (unpaired) electrons. The summed E-state index contributed by atoms with van der Waals surface area (Å²) in [5, 5.41) is 3.17. The highest BCUT2D eigenvalue weighted by Gasteiger charge is 2.06. The molecule has 0 spiro atoms. The molecule has 0 bridgehead atoms. The van der Waals surface area contributed by atoms with Gasteiger partial charge in [-0.3, -0.25) is 0 Å². The lowest BCUT2D eigenvalue weighted by Crippen LogP contribution is -1.89. The molecule has 2 aromatic carbocycles. The summed E-state index contributed by atoms with van der Waals surface area (Å²) in [6.45, 7) is 8.37. The van der Waals surface area contributed by atoms with Crippen LogP contribution in [0.4, 0.5) is 0 Å². The molecule has 0 aliphatic carbocycles. The highest BCUT2D eigenvalue weighted by molar-refractivity contribution is 8.00. The van der Waals surface area contributed by atoms with Crippen molar-refractivity contribution in [3.63, 3.8) is 0 Å². The Morgan fingerprint density at radius 3 is 2.56 bits per heavy atom. The van der Waals surface area contributed by atoms with Gasteiger partial charge in [0.2, 0.25) is 0 Å². The Labute approximate surface area is 101 Å². The Hall–Kier alpha value is -1.21. The zero-order valence-corrected chi connectivity index (χ0v) is 10.6. The minimum Gasteiger partial charge on any atom is -0.123 e. The van der Waals surface area contributed by atoms with Gasteiger partial charge >= 0.3 is 0 Å². The van der Waals surface area contributed by atoms with Crippen LogP contribution >= 0.6 is 11.8 Å². The molecule has 0 saturated heterocycles. The van der Waals surface area contributed by atoms with E-state index < -0.39 is 0 Å². The Morgan fingerprint density at radius 1 is 1.12 bits per heavy atom. The van der Waals surface area contributed by atoms with E-state index in [0.29, 0.717) is 5.25 Å².